The number of nitrogens with one attached hydrogen (secondary N) is 1. The van der Waals surface area contributed by atoms with Crippen molar-refractivity contribution in [1.82, 2.24) is 15.3 Å². The zero-order valence-corrected chi connectivity index (χ0v) is 14.9. The first kappa shape index (κ1) is 16.3. The van der Waals surface area contributed by atoms with Crippen molar-refractivity contribution in [3.63, 3.8) is 0 Å². The van der Waals surface area contributed by atoms with Gasteiger partial charge in [0, 0.05) is 31.2 Å². The fourth-order valence-corrected chi connectivity index (χ4v) is 3.69. The molecule has 0 unspecified atom stereocenters. The van der Waals surface area contributed by atoms with E-state index in [4.69, 9.17) is 4.74 Å². The Bertz CT molecular complexity index is 711. The molecule has 3 heterocycles. The van der Waals surface area contributed by atoms with Gasteiger partial charge in [0.2, 0.25) is 0 Å². The van der Waals surface area contributed by atoms with Crippen LogP contribution in [0.2, 0.25) is 0 Å². The lowest BCUT2D eigenvalue weighted by Gasteiger charge is -2.39. The highest BCUT2D eigenvalue weighted by Gasteiger charge is 2.31. The van der Waals surface area contributed by atoms with Gasteiger partial charge in [-0.2, -0.15) is 0 Å². The number of benzene rings is 1. The largest absolute Gasteiger partial charge is 0.493 e. The number of fused-ring (bicyclic) bond motifs is 1. The molecule has 132 valence electrons. The summed E-state index contributed by atoms with van der Waals surface area (Å²) >= 11 is 0. The molecule has 0 bridgehead atoms. The van der Waals surface area contributed by atoms with E-state index in [9.17, 15) is 0 Å². The van der Waals surface area contributed by atoms with E-state index in [1.54, 1.807) is 6.33 Å². The van der Waals surface area contributed by atoms with Gasteiger partial charge in [0.05, 0.1) is 6.61 Å². The van der Waals surface area contributed by atoms with Crippen LogP contribution in [0.5, 0.6) is 5.75 Å². The Hall–Kier alpha value is -2.14. The number of piperidine rings is 1. The van der Waals surface area contributed by atoms with Crippen molar-refractivity contribution < 1.29 is 4.74 Å². The summed E-state index contributed by atoms with van der Waals surface area (Å²) < 4.78 is 6.18. The van der Waals surface area contributed by atoms with Crippen LogP contribution in [0.4, 0.5) is 5.82 Å². The number of hydrogen-bond acceptors (Lipinski definition) is 5. The Labute approximate surface area is 149 Å². The van der Waals surface area contributed by atoms with E-state index in [2.05, 4.69) is 45.3 Å². The molecule has 1 fully saturated rings. The lowest BCUT2D eigenvalue weighted by molar-refractivity contribution is 0.131. The number of aromatic nitrogens is 2. The Balaban J connectivity index is 1.34. The van der Waals surface area contributed by atoms with E-state index in [0.717, 1.165) is 63.6 Å². The Morgan fingerprint density at radius 3 is 2.88 bits per heavy atom. The SMILES string of the molecule is CC1(COc2ccc3c(c2)CNCC3)CCN(c2ccncn2)CC1. The molecule has 5 nitrogen and oxygen atoms in total. The van der Waals surface area contributed by atoms with Gasteiger partial charge in [-0.15, -0.1) is 0 Å². The average molecular weight is 338 g/mol. The highest BCUT2D eigenvalue weighted by Crippen LogP contribution is 2.33. The van der Waals surface area contributed by atoms with Crippen LogP contribution in [-0.4, -0.2) is 36.2 Å². The van der Waals surface area contributed by atoms with Crippen molar-refractivity contribution in [2.24, 2.45) is 5.41 Å². The smallest absolute Gasteiger partial charge is 0.131 e. The van der Waals surface area contributed by atoms with E-state index in [-0.39, 0.29) is 5.41 Å². The van der Waals surface area contributed by atoms with Crippen molar-refractivity contribution in [3.8, 4) is 5.75 Å². The number of hydrogen-bond donors (Lipinski definition) is 1. The third kappa shape index (κ3) is 3.76. The minimum Gasteiger partial charge on any atom is -0.493 e. The minimum atomic E-state index is 0.220. The van der Waals surface area contributed by atoms with Gasteiger partial charge in [0.25, 0.3) is 0 Å². The van der Waals surface area contributed by atoms with Crippen molar-refractivity contribution in [3.05, 3.63) is 47.9 Å². The molecule has 0 radical (unpaired) electrons. The third-order valence-electron chi connectivity index (χ3n) is 5.51. The number of nitrogens with zero attached hydrogens (tertiary/aromatic N) is 3. The quantitative estimate of drug-likeness (QED) is 0.929. The van der Waals surface area contributed by atoms with Crippen molar-refractivity contribution in [1.29, 1.82) is 0 Å². The fraction of sp³-hybridized carbons (Fsp3) is 0.500. The molecule has 0 amide bonds. The molecule has 25 heavy (non-hydrogen) atoms. The predicted octanol–water partition coefficient (Wildman–Crippen LogP) is 2.81. The van der Waals surface area contributed by atoms with Gasteiger partial charge in [-0.1, -0.05) is 13.0 Å². The van der Waals surface area contributed by atoms with Crippen LogP contribution < -0.4 is 15.0 Å². The lowest BCUT2D eigenvalue weighted by atomic mass is 9.81. The average Bonchev–Trinajstić information content (AvgIpc) is 2.68. The van der Waals surface area contributed by atoms with E-state index < -0.39 is 0 Å². The summed E-state index contributed by atoms with van der Waals surface area (Å²) in [5.41, 5.74) is 3.06. The zero-order valence-electron chi connectivity index (χ0n) is 14.9. The monoisotopic (exact) mass is 338 g/mol. The summed E-state index contributed by atoms with van der Waals surface area (Å²) in [5, 5.41) is 3.43. The maximum Gasteiger partial charge on any atom is 0.131 e. The summed E-state index contributed by atoms with van der Waals surface area (Å²) in [5.74, 6) is 2.03. The second-order valence-corrected chi connectivity index (χ2v) is 7.51. The number of rotatable bonds is 4. The van der Waals surface area contributed by atoms with Gasteiger partial charge in [-0.3, -0.25) is 0 Å². The normalized spacial score (nSPS) is 19.3. The highest BCUT2D eigenvalue weighted by molar-refractivity contribution is 5.38. The Morgan fingerprint density at radius 1 is 1.20 bits per heavy atom. The highest BCUT2D eigenvalue weighted by atomic mass is 16.5. The summed E-state index contributed by atoms with van der Waals surface area (Å²) in [4.78, 5) is 10.7. The molecule has 1 aromatic heterocycles. The van der Waals surface area contributed by atoms with Crippen LogP contribution in [0.1, 0.15) is 30.9 Å². The third-order valence-corrected chi connectivity index (χ3v) is 5.51. The molecule has 1 aromatic carbocycles. The summed E-state index contributed by atoms with van der Waals surface area (Å²) in [6, 6.07) is 8.55. The maximum absolute atomic E-state index is 6.18. The second-order valence-electron chi connectivity index (χ2n) is 7.51. The molecule has 2 aliphatic heterocycles. The first-order chi connectivity index (χ1) is 12.2. The van der Waals surface area contributed by atoms with Crippen LogP contribution in [-0.2, 0) is 13.0 Å². The summed E-state index contributed by atoms with van der Waals surface area (Å²) in [6.07, 6.45) is 6.78. The van der Waals surface area contributed by atoms with E-state index in [1.165, 1.54) is 11.1 Å². The first-order valence-electron chi connectivity index (χ1n) is 9.18. The van der Waals surface area contributed by atoms with Gasteiger partial charge in [-0.05, 0) is 55.1 Å². The molecule has 2 aromatic rings. The predicted molar refractivity (Wildman–Crippen MR) is 98.9 cm³/mol. The van der Waals surface area contributed by atoms with Gasteiger partial charge >= 0.3 is 0 Å². The van der Waals surface area contributed by atoms with Crippen LogP contribution in [0.15, 0.2) is 36.8 Å². The molecule has 1 saturated heterocycles. The van der Waals surface area contributed by atoms with E-state index >= 15 is 0 Å². The lowest BCUT2D eigenvalue weighted by Crippen LogP contribution is -2.41. The standard InChI is InChI=1S/C20H26N4O/c1-20(6-10-24(11-7-20)19-5-9-22-15-23-19)14-25-18-3-2-16-4-8-21-13-17(16)12-18/h2-3,5,9,12,15,21H,4,6-8,10-11,13-14H2,1H3. The van der Waals surface area contributed by atoms with Crippen LogP contribution in [0.25, 0.3) is 0 Å². The van der Waals surface area contributed by atoms with E-state index in [0.29, 0.717) is 0 Å². The van der Waals surface area contributed by atoms with Crippen molar-refractivity contribution in [2.75, 3.05) is 31.1 Å². The molecule has 4 rings (SSSR count). The second kappa shape index (κ2) is 7.00. The fourth-order valence-electron chi connectivity index (χ4n) is 3.69. The van der Waals surface area contributed by atoms with Crippen molar-refractivity contribution in [2.45, 2.75) is 32.7 Å². The van der Waals surface area contributed by atoms with Gasteiger partial charge < -0.3 is 15.0 Å². The molecule has 0 saturated carbocycles. The minimum absolute atomic E-state index is 0.220. The molecule has 5 heteroatoms. The molecule has 1 N–H and O–H groups in total. The molecular weight excluding hydrogens is 312 g/mol. The summed E-state index contributed by atoms with van der Waals surface area (Å²) in [7, 11) is 0. The van der Waals surface area contributed by atoms with Gasteiger partial charge in [-0.25, -0.2) is 9.97 Å². The number of ether oxygens (including phenoxy) is 1. The molecule has 0 atom stereocenters. The molecule has 2 aliphatic rings. The zero-order chi connectivity index (χ0) is 17.1. The van der Waals surface area contributed by atoms with E-state index in [1.807, 2.05) is 12.3 Å². The van der Waals surface area contributed by atoms with Crippen LogP contribution in [0, 0.1) is 5.41 Å². The topological polar surface area (TPSA) is 50.3 Å². The summed E-state index contributed by atoms with van der Waals surface area (Å²) in [6.45, 7) is 7.18. The molecular formula is C20H26N4O. The number of anilines is 1. The maximum atomic E-state index is 6.18. The molecule has 0 aliphatic carbocycles. The van der Waals surface area contributed by atoms with Crippen LogP contribution >= 0.6 is 0 Å². The van der Waals surface area contributed by atoms with Crippen molar-refractivity contribution >= 4 is 5.82 Å². The van der Waals surface area contributed by atoms with Gasteiger partial charge in [0.1, 0.15) is 17.9 Å². The van der Waals surface area contributed by atoms with Gasteiger partial charge in [0.15, 0.2) is 0 Å². The molecule has 0 spiro atoms. The Kier molecular flexibility index (Phi) is 4.57. The first-order valence-corrected chi connectivity index (χ1v) is 9.18. The van der Waals surface area contributed by atoms with Crippen LogP contribution in [0.3, 0.4) is 0 Å². The Morgan fingerprint density at radius 2 is 2.08 bits per heavy atom.